The van der Waals surface area contributed by atoms with Crippen molar-refractivity contribution in [2.45, 2.75) is 0 Å². The predicted molar refractivity (Wildman–Crippen MR) is 155 cm³/mol. The van der Waals surface area contributed by atoms with Crippen molar-refractivity contribution in [3.05, 3.63) is 145 Å². The number of hydrogen-bond acceptors (Lipinski definition) is 1. The summed E-state index contributed by atoms with van der Waals surface area (Å²) in [6, 6.07) is 42.5. The minimum atomic E-state index is -0.402. The van der Waals surface area contributed by atoms with E-state index < -0.39 is 11.6 Å². The Balaban J connectivity index is 1.45. The Kier molecular flexibility index (Phi) is 6.19. The zero-order valence-electron chi connectivity index (χ0n) is 20.9. The molecule has 0 saturated heterocycles. The normalized spacial score (nSPS) is 11.0. The summed E-state index contributed by atoms with van der Waals surface area (Å²) < 4.78 is 30.8. The SMILES string of the molecule is CN(c1ccccc1F)c1cc(-c2ccccc2)cc(-c2ccc(-c3ccc4ccccc4c3)cc2)c1F. The fraction of sp³-hybridized carbons (Fsp3) is 0.0286. The van der Waals surface area contributed by atoms with E-state index >= 15 is 4.39 Å². The summed E-state index contributed by atoms with van der Waals surface area (Å²) in [5.74, 6) is -0.797. The minimum absolute atomic E-state index is 0.310. The second-order valence-electron chi connectivity index (χ2n) is 9.37. The maximum absolute atomic E-state index is 16.2. The van der Waals surface area contributed by atoms with Crippen LogP contribution < -0.4 is 4.90 Å². The molecule has 38 heavy (non-hydrogen) atoms. The van der Waals surface area contributed by atoms with Gasteiger partial charge in [-0.3, -0.25) is 0 Å². The van der Waals surface area contributed by atoms with Gasteiger partial charge >= 0.3 is 0 Å². The summed E-state index contributed by atoms with van der Waals surface area (Å²) in [7, 11) is 1.69. The Morgan fingerprint density at radius 3 is 1.82 bits per heavy atom. The molecule has 0 atom stereocenters. The number of halogens is 2. The minimum Gasteiger partial charge on any atom is -0.340 e. The van der Waals surface area contributed by atoms with Gasteiger partial charge in [-0.2, -0.15) is 0 Å². The van der Waals surface area contributed by atoms with Crippen LogP contribution in [0.2, 0.25) is 0 Å². The highest BCUT2D eigenvalue weighted by molar-refractivity contribution is 5.88. The van der Waals surface area contributed by atoms with E-state index in [-0.39, 0.29) is 0 Å². The first-order valence-electron chi connectivity index (χ1n) is 12.6. The zero-order chi connectivity index (χ0) is 26.1. The van der Waals surface area contributed by atoms with Crippen LogP contribution >= 0.6 is 0 Å². The lowest BCUT2D eigenvalue weighted by Gasteiger charge is -2.23. The summed E-state index contributed by atoms with van der Waals surface area (Å²) in [6.07, 6.45) is 0. The summed E-state index contributed by atoms with van der Waals surface area (Å²) in [5, 5.41) is 2.37. The number of nitrogens with zero attached hydrogens (tertiary/aromatic N) is 1. The Morgan fingerprint density at radius 2 is 1.05 bits per heavy atom. The van der Waals surface area contributed by atoms with Crippen molar-refractivity contribution in [1.82, 2.24) is 0 Å². The van der Waals surface area contributed by atoms with E-state index in [0.29, 0.717) is 16.9 Å². The van der Waals surface area contributed by atoms with Gasteiger partial charge in [-0.1, -0.05) is 103 Å². The van der Waals surface area contributed by atoms with Crippen LogP contribution in [0.3, 0.4) is 0 Å². The third kappa shape index (κ3) is 4.44. The molecule has 0 heterocycles. The lowest BCUT2D eigenvalue weighted by atomic mass is 9.95. The molecule has 6 aromatic carbocycles. The molecular weight excluding hydrogens is 472 g/mol. The van der Waals surface area contributed by atoms with Gasteiger partial charge in [0.05, 0.1) is 11.4 Å². The van der Waals surface area contributed by atoms with Gasteiger partial charge in [-0.05, 0) is 68.9 Å². The van der Waals surface area contributed by atoms with Crippen molar-refractivity contribution in [3.8, 4) is 33.4 Å². The summed E-state index contributed by atoms with van der Waals surface area (Å²) in [4.78, 5) is 1.57. The third-order valence-corrected chi connectivity index (χ3v) is 7.01. The standard InChI is InChI=1S/C35H25F2N/c1-38(33-14-8-7-13-32(33)36)34-23-30(24-9-3-2-4-10-24)22-31(35(34)37)27-18-15-26(16-19-27)29-20-17-25-11-5-6-12-28(25)21-29/h2-23H,1H3. The van der Waals surface area contributed by atoms with Crippen LogP contribution in [-0.4, -0.2) is 7.05 Å². The highest BCUT2D eigenvalue weighted by Gasteiger charge is 2.19. The molecule has 0 saturated carbocycles. The molecule has 0 aliphatic heterocycles. The molecule has 6 rings (SSSR count). The maximum atomic E-state index is 16.2. The number of fused-ring (bicyclic) bond motifs is 1. The van der Waals surface area contributed by atoms with Gasteiger partial charge in [0.25, 0.3) is 0 Å². The first-order valence-corrected chi connectivity index (χ1v) is 12.6. The second kappa shape index (κ2) is 9.95. The average molecular weight is 498 g/mol. The number of rotatable bonds is 5. The van der Waals surface area contributed by atoms with Gasteiger partial charge in [-0.25, -0.2) is 8.78 Å². The van der Waals surface area contributed by atoms with Crippen LogP contribution in [0, 0.1) is 11.6 Å². The molecule has 6 aromatic rings. The lowest BCUT2D eigenvalue weighted by molar-refractivity contribution is 0.619. The smallest absolute Gasteiger partial charge is 0.154 e. The molecule has 0 amide bonds. The van der Waals surface area contributed by atoms with Crippen molar-refractivity contribution < 1.29 is 8.78 Å². The molecule has 0 aliphatic rings. The van der Waals surface area contributed by atoms with Gasteiger partial charge in [0, 0.05) is 12.6 Å². The molecule has 3 heteroatoms. The van der Waals surface area contributed by atoms with Gasteiger partial charge in [-0.15, -0.1) is 0 Å². The largest absolute Gasteiger partial charge is 0.340 e. The fourth-order valence-corrected chi connectivity index (χ4v) is 4.93. The molecule has 0 unspecified atom stereocenters. The highest BCUT2D eigenvalue weighted by Crippen LogP contribution is 2.38. The van der Waals surface area contributed by atoms with Crippen LogP contribution in [0.4, 0.5) is 20.2 Å². The predicted octanol–water partition coefficient (Wildman–Crippen LogP) is 9.89. The first kappa shape index (κ1) is 23.6. The molecule has 0 spiro atoms. The Bertz CT molecular complexity index is 1740. The van der Waals surface area contributed by atoms with E-state index in [9.17, 15) is 4.39 Å². The van der Waals surface area contributed by atoms with Crippen LogP contribution in [0.15, 0.2) is 133 Å². The average Bonchev–Trinajstić information content (AvgIpc) is 2.97. The topological polar surface area (TPSA) is 3.24 Å². The van der Waals surface area contributed by atoms with Crippen molar-refractivity contribution in [2.75, 3.05) is 11.9 Å². The zero-order valence-corrected chi connectivity index (χ0v) is 20.9. The fourth-order valence-electron chi connectivity index (χ4n) is 4.93. The van der Waals surface area contributed by atoms with Gasteiger partial charge in [0.2, 0.25) is 0 Å². The van der Waals surface area contributed by atoms with Crippen molar-refractivity contribution >= 4 is 22.1 Å². The van der Waals surface area contributed by atoms with Crippen LogP contribution in [0.5, 0.6) is 0 Å². The van der Waals surface area contributed by atoms with Gasteiger partial charge < -0.3 is 4.90 Å². The quantitative estimate of drug-likeness (QED) is 0.229. The van der Waals surface area contributed by atoms with E-state index in [0.717, 1.165) is 27.8 Å². The molecular formula is C35H25F2N. The summed E-state index contributed by atoms with van der Waals surface area (Å²) in [6.45, 7) is 0. The monoisotopic (exact) mass is 497 g/mol. The van der Waals surface area contributed by atoms with Crippen LogP contribution in [0.1, 0.15) is 0 Å². The van der Waals surface area contributed by atoms with E-state index in [1.165, 1.54) is 16.8 Å². The van der Waals surface area contributed by atoms with Crippen molar-refractivity contribution in [1.29, 1.82) is 0 Å². The first-order chi connectivity index (χ1) is 18.6. The van der Waals surface area contributed by atoms with E-state index in [2.05, 4.69) is 30.3 Å². The molecule has 0 bridgehead atoms. The summed E-state index contributed by atoms with van der Waals surface area (Å²) in [5.41, 5.74) is 5.84. The van der Waals surface area contributed by atoms with E-state index in [1.807, 2.05) is 72.8 Å². The lowest BCUT2D eigenvalue weighted by Crippen LogP contribution is -2.13. The highest BCUT2D eigenvalue weighted by atomic mass is 19.1. The summed E-state index contributed by atoms with van der Waals surface area (Å²) >= 11 is 0. The molecule has 0 aromatic heterocycles. The van der Waals surface area contributed by atoms with Gasteiger partial charge in [0.15, 0.2) is 5.82 Å². The van der Waals surface area contributed by atoms with Crippen LogP contribution in [-0.2, 0) is 0 Å². The Labute approximate surface area is 221 Å². The van der Waals surface area contributed by atoms with Gasteiger partial charge in [0.1, 0.15) is 5.82 Å². The molecule has 0 fully saturated rings. The van der Waals surface area contributed by atoms with Crippen molar-refractivity contribution in [2.24, 2.45) is 0 Å². The molecule has 1 nitrogen and oxygen atoms in total. The van der Waals surface area contributed by atoms with E-state index in [1.54, 1.807) is 36.2 Å². The number of anilines is 2. The number of para-hydroxylation sites is 1. The molecule has 0 aliphatic carbocycles. The van der Waals surface area contributed by atoms with Crippen molar-refractivity contribution in [3.63, 3.8) is 0 Å². The van der Waals surface area contributed by atoms with E-state index in [4.69, 9.17) is 0 Å². The number of benzene rings is 6. The Morgan fingerprint density at radius 1 is 0.447 bits per heavy atom. The molecule has 184 valence electrons. The maximum Gasteiger partial charge on any atom is 0.154 e. The third-order valence-electron chi connectivity index (χ3n) is 7.01. The number of hydrogen-bond donors (Lipinski definition) is 0. The molecule has 0 N–H and O–H groups in total. The Hall–Kier alpha value is -4.76. The molecule has 0 radical (unpaired) electrons. The second-order valence-corrected chi connectivity index (χ2v) is 9.37. The van der Waals surface area contributed by atoms with Crippen LogP contribution in [0.25, 0.3) is 44.2 Å².